The van der Waals surface area contributed by atoms with Crippen LogP contribution in [0.25, 0.3) is 0 Å². The van der Waals surface area contributed by atoms with E-state index in [2.05, 4.69) is 5.32 Å². The monoisotopic (exact) mass is 230 g/mol. The molecule has 0 aliphatic heterocycles. The summed E-state index contributed by atoms with van der Waals surface area (Å²) in [5, 5.41) is 2.79. The van der Waals surface area contributed by atoms with Gasteiger partial charge in [-0.25, -0.2) is 0 Å². The van der Waals surface area contributed by atoms with Gasteiger partial charge in [-0.15, -0.1) is 0 Å². The fourth-order valence-corrected chi connectivity index (χ4v) is 1.50. The highest BCUT2D eigenvalue weighted by molar-refractivity contribution is 5.92. The Morgan fingerprint density at radius 2 is 2.00 bits per heavy atom. The average Bonchev–Trinajstić information content (AvgIpc) is 2.74. The summed E-state index contributed by atoms with van der Waals surface area (Å²) in [6.45, 7) is 2.29. The summed E-state index contributed by atoms with van der Waals surface area (Å²) < 4.78 is 5.10. The number of furan rings is 1. The Morgan fingerprint density at radius 1 is 1.29 bits per heavy atom. The standard InChI is InChI=1S/C13H14N2O2/c1-9-6-7-17-12(9)13(16)15-8-10-2-4-11(14)5-3-10/h2-7H,8,14H2,1H3,(H,15,16). The molecule has 88 valence electrons. The number of hydrogen-bond donors (Lipinski definition) is 2. The highest BCUT2D eigenvalue weighted by Crippen LogP contribution is 2.09. The lowest BCUT2D eigenvalue weighted by Gasteiger charge is -2.04. The maximum absolute atomic E-state index is 11.7. The minimum absolute atomic E-state index is 0.204. The van der Waals surface area contributed by atoms with Crippen LogP contribution in [0.5, 0.6) is 0 Å². The topological polar surface area (TPSA) is 68.3 Å². The number of anilines is 1. The molecule has 1 heterocycles. The van der Waals surface area contributed by atoms with Gasteiger partial charge in [-0.05, 0) is 30.7 Å². The van der Waals surface area contributed by atoms with Gasteiger partial charge in [0.1, 0.15) is 0 Å². The first-order chi connectivity index (χ1) is 8.16. The number of carbonyl (C=O) groups excluding carboxylic acids is 1. The Morgan fingerprint density at radius 3 is 2.59 bits per heavy atom. The molecule has 17 heavy (non-hydrogen) atoms. The van der Waals surface area contributed by atoms with E-state index in [-0.39, 0.29) is 5.91 Å². The van der Waals surface area contributed by atoms with Gasteiger partial charge in [-0.2, -0.15) is 0 Å². The van der Waals surface area contributed by atoms with E-state index >= 15 is 0 Å². The number of rotatable bonds is 3. The fraction of sp³-hybridized carbons (Fsp3) is 0.154. The molecule has 0 saturated heterocycles. The van der Waals surface area contributed by atoms with Crippen LogP contribution in [0.15, 0.2) is 41.0 Å². The Hall–Kier alpha value is -2.23. The van der Waals surface area contributed by atoms with Crippen LogP contribution < -0.4 is 11.1 Å². The van der Waals surface area contributed by atoms with E-state index < -0.39 is 0 Å². The molecule has 3 N–H and O–H groups in total. The van der Waals surface area contributed by atoms with Crippen molar-refractivity contribution in [2.75, 3.05) is 5.73 Å². The number of amides is 1. The average molecular weight is 230 g/mol. The van der Waals surface area contributed by atoms with E-state index in [9.17, 15) is 4.79 Å². The molecule has 0 aliphatic rings. The van der Waals surface area contributed by atoms with E-state index in [1.807, 2.05) is 19.1 Å². The molecule has 4 heteroatoms. The van der Waals surface area contributed by atoms with Crippen LogP contribution in [-0.4, -0.2) is 5.91 Å². The molecule has 2 aromatic rings. The molecule has 0 unspecified atom stereocenters. The molecule has 0 radical (unpaired) electrons. The predicted octanol–water partition coefficient (Wildman–Crippen LogP) is 2.10. The van der Waals surface area contributed by atoms with E-state index in [0.717, 1.165) is 11.1 Å². The van der Waals surface area contributed by atoms with Crippen LogP contribution >= 0.6 is 0 Å². The van der Waals surface area contributed by atoms with Gasteiger partial charge in [0, 0.05) is 17.8 Å². The molecule has 1 aromatic heterocycles. The number of benzene rings is 1. The van der Waals surface area contributed by atoms with Crippen molar-refractivity contribution in [3.8, 4) is 0 Å². The fourth-order valence-electron chi connectivity index (χ4n) is 1.50. The first kappa shape index (κ1) is 11.3. The second-order valence-electron chi connectivity index (χ2n) is 3.86. The molecule has 2 rings (SSSR count). The molecule has 1 amide bonds. The zero-order chi connectivity index (χ0) is 12.3. The molecular weight excluding hydrogens is 216 g/mol. The molecule has 0 fully saturated rings. The van der Waals surface area contributed by atoms with Crippen molar-refractivity contribution < 1.29 is 9.21 Å². The molecule has 0 atom stereocenters. The maximum Gasteiger partial charge on any atom is 0.287 e. The first-order valence-corrected chi connectivity index (χ1v) is 5.33. The van der Waals surface area contributed by atoms with Crippen LogP contribution in [-0.2, 0) is 6.54 Å². The molecule has 1 aromatic carbocycles. The molecular formula is C13H14N2O2. The zero-order valence-corrected chi connectivity index (χ0v) is 9.57. The largest absolute Gasteiger partial charge is 0.459 e. The summed E-state index contributed by atoms with van der Waals surface area (Å²) >= 11 is 0. The summed E-state index contributed by atoms with van der Waals surface area (Å²) in [5.74, 6) is 0.157. The van der Waals surface area contributed by atoms with Gasteiger partial charge in [0.15, 0.2) is 5.76 Å². The van der Waals surface area contributed by atoms with Crippen LogP contribution in [0, 0.1) is 6.92 Å². The summed E-state index contributed by atoms with van der Waals surface area (Å²) in [7, 11) is 0. The van der Waals surface area contributed by atoms with Crippen molar-refractivity contribution >= 4 is 11.6 Å². The lowest BCUT2D eigenvalue weighted by molar-refractivity contribution is 0.0922. The quantitative estimate of drug-likeness (QED) is 0.793. The molecule has 0 bridgehead atoms. The third-order valence-electron chi connectivity index (χ3n) is 2.50. The van der Waals surface area contributed by atoms with Crippen LogP contribution in [0.1, 0.15) is 21.7 Å². The van der Waals surface area contributed by atoms with E-state index in [4.69, 9.17) is 10.2 Å². The second kappa shape index (κ2) is 4.74. The maximum atomic E-state index is 11.7. The van der Waals surface area contributed by atoms with Gasteiger partial charge < -0.3 is 15.5 Å². The normalized spacial score (nSPS) is 10.2. The van der Waals surface area contributed by atoms with Gasteiger partial charge in [-0.3, -0.25) is 4.79 Å². The summed E-state index contributed by atoms with van der Waals surface area (Å²) in [6, 6.07) is 9.13. The van der Waals surface area contributed by atoms with Crippen molar-refractivity contribution in [2.24, 2.45) is 0 Å². The third kappa shape index (κ3) is 2.66. The zero-order valence-electron chi connectivity index (χ0n) is 9.57. The number of nitrogen functional groups attached to an aromatic ring is 1. The first-order valence-electron chi connectivity index (χ1n) is 5.33. The van der Waals surface area contributed by atoms with Crippen LogP contribution in [0.4, 0.5) is 5.69 Å². The highest BCUT2D eigenvalue weighted by Gasteiger charge is 2.11. The molecule has 0 spiro atoms. The SMILES string of the molecule is Cc1ccoc1C(=O)NCc1ccc(N)cc1. The lowest BCUT2D eigenvalue weighted by Crippen LogP contribution is -2.22. The summed E-state index contributed by atoms with van der Waals surface area (Å²) in [4.78, 5) is 11.7. The minimum Gasteiger partial charge on any atom is -0.459 e. The van der Waals surface area contributed by atoms with E-state index in [1.54, 1.807) is 18.2 Å². The molecule has 4 nitrogen and oxygen atoms in total. The van der Waals surface area contributed by atoms with E-state index in [0.29, 0.717) is 18.0 Å². The van der Waals surface area contributed by atoms with Crippen molar-refractivity contribution in [3.05, 3.63) is 53.5 Å². The number of nitrogens with two attached hydrogens (primary N) is 1. The lowest BCUT2D eigenvalue weighted by atomic mass is 10.2. The second-order valence-corrected chi connectivity index (χ2v) is 3.86. The summed E-state index contributed by atoms with van der Waals surface area (Å²) in [6.07, 6.45) is 1.51. The van der Waals surface area contributed by atoms with Gasteiger partial charge in [0.25, 0.3) is 5.91 Å². The van der Waals surface area contributed by atoms with E-state index in [1.165, 1.54) is 6.26 Å². The van der Waals surface area contributed by atoms with Crippen molar-refractivity contribution in [2.45, 2.75) is 13.5 Å². The number of nitrogens with one attached hydrogen (secondary N) is 1. The number of hydrogen-bond acceptors (Lipinski definition) is 3. The molecule has 0 aliphatic carbocycles. The Labute approximate surface area is 99.4 Å². The summed E-state index contributed by atoms with van der Waals surface area (Å²) in [5.41, 5.74) is 8.12. The van der Waals surface area contributed by atoms with Gasteiger partial charge in [0.05, 0.1) is 6.26 Å². The van der Waals surface area contributed by atoms with Gasteiger partial charge in [-0.1, -0.05) is 12.1 Å². The van der Waals surface area contributed by atoms with Crippen LogP contribution in [0.2, 0.25) is 0 Å². The van der Waals surface area contributed by atoms with Crippen molar-refractivity contribution in [3.63, 3.8) is 0 Å². The highest BCUT2D eigenvalue weighted by atomic mass is 16.3. The predicted molar refractivity (Wildman–Crippen MR) is 65.5 cm³/mol. The smallest absolute Gasteiger partial charge is 0.287 e. The Balaban J connectivity index is 1.97. The van der Waals surface area contributed by atoms with Crippen molar-refractivity contribution in [1.29, 1.82) is 0 Å². The Kier molecular flexibility index (Phi) is 3.14. The number of carbonyl (C=O) groups is 1. The van der Waals surface area contributed by atoms with Crippen LogP contribution in [0.3, 0.4) is 0 Å². The third-order valence-corrected chi connectivity index (χ3v) is 2.50. The van der Waals surface area contributed by atoms with Gasteiger partial charge in [0.2, 0.25) is 0 Å². The minimum atomic E-state index is -0.204. The number of aryl methyl sites for hydroxylation is 1. The van der Waals surface area contributed by atoms with Crippen molar-refractivity contribution in [1.82, 2.24) is 5.32 Å². The van der Waals surface area contributed by atoms with Gasteiger partial charge >= 0.3 is 0 Å². The Bertz CT molecular complexity index is 514. The molecule has 0 saturated carbocycles.